The van der Waals surface area contributed by atoms with Crippen molar-refractivity contribution in [2.75, 3.05) is 0 Å². The van der Waals surface area contributed by atoms with Crippen molar-refractivity contribution in [3.8, 4) is 11.6 Å². The summed E-state index contributed by atoms with van der Waals surface area (Å²) in [6.07, 6.45) is 5.20. The van der Waals surface area contributed by atoms with E-state index in [2.05, 4.69) is 15.0 Å². The number of pyridine rings is 2. The van der Waals surface area contributed by atoms with E-state index >= 15 is 0 Å². The molecule has 0 spiro atoms. The summed E-state index contributed by atoms with van der Waals surface area (Å²) in [6.45, 7) is 0. The van der Waals surface area contributed by atoms with E-state index in [1.165, 1.54) is 0 Å². The van der Waals surface area contributed by atoms with Crippen molar-refractivity contribution < 1.29 is 4.42 Å². The highest BCUT2D eigenvalue weighted by molar-refractivity contribution is 6.20. The first-order valence-electron chi connectivity index (χ1n) is 6.97. The lowest BCUT2D eigenvalue weighted by Gasteiger charge is -2.03. The van der Waals surface area contributed by atoms with Crippen LogP contribution in [0, 0.1) is 0 Å². The number of furan rings is 1. The molecule has 0 saturated heterocycles. The van der Waals surface area contributed by atoms with Crippen molar-refractivity contribution in [1.82, 2.24) is 19.9 Å². The lowest BCUT2D eigenvalue weighted by molar-refractivity contribution is 0.578. The van der Waals surface area contributed by atoms with Crippen LogP contribution in [0.3, 0.4) is 0 Å². The fourth-order valence-electron chi connectivity index (χ4n) is 2.87. The first-order valence-corrected chi connectivity index (χ1v) is 6.97. The first-order chi connectivity index (χ1) is 10.9. The van der Waals surface area contributed by atoms with Gasteiger partial charge in [-0.25, -0.2) is 4.98 Å². The van der Waals surface area contributed by atoms with Crippen LogP contribution in [0.25, 0.3) is 44.4 Å². The van der Waals surface area contributed by atoms with Gasteiger partial charge in [-0.2, -0.15) is 0 Å². The monoisotopic (exact) mass is 286 g/mol. The Kier molecular flexibility index (Phi) is 2.16. The Morgan fingerprint density at radius 2 is 1.59 bits per heavy atom. The summed E-state index contributed by atoms with van der Waals surface area (Å²) in [6, 6.07) is 11.6. The van der Waals surface area contributed by atoms with Gasteiger partial charge in [-0.15, -0.1) is 0 Å². The lowest BCUT2D eigenvalue weighted by Crippen LogP contribution is -1.86. The van der Waals surface area contributed by atoms with Crippen LogP contribution >= 0.6 is 0 Å². The molecule has 5 aromatic rings. The number of aromatic amines is 1. The average Bonchev–Trinajstić information content (AvgIpc) is 3.24. The molecule has 0 radical (unpaired) electrons. The highest BCUT2D eigenvalue weighted by Crippen LogP contribution is 2.33. The van der Waals surface area contributed by atoms with Crippen LogP contribution in [0.2, 0.25) is 0 Å². The molecule has 1 aromatic carbocycles. The molecule has 0 atom stereocenters. The Labute approximate surface area is 124 Å². The molecule has 4 heterocycles. The normalized spacial score (nSPS) is 11.6. The lowest BCUT2D eigenvalue weighted by atomic mass is 10.1. The van der Waals surface area contributed by atoms with Crippen molar-refractivity contribution >= 4 is 32.8 Å². The molecule has 5 rings (SSSR count). The molecule has 5 nitrogen and oxygen atoms in total. The summed E-state index contributed by atoms with van der Waals surface area (Å²) < 4.78 is 5.45. The Bertz CT molecular complexity index is 1050. The second kappa shape index (κ2) is 4.14. The van der Waals surface area contributed by atoms with Gasteiger partial charge in [0.15, 0.2) is 11.6 Å². The molecule has 104 valence electrons. The molecule has 0 aliphatic heterocycles. The summed E-state index contributed by atoms with van der Waals surface area (Å²) >= 11 is 0. The third kappa shape index (κ3) is 1.45. The van der Waals surface area contributed by atoms with Crippen LogP contribution in [0.4, 0.5) is 0 Å². The number of hydrogen-bond donors (Lipinski definition) is 1. The number of hydrogen-bond acceptors (Lipinski definition) is 4. The van der Waals surface area contributed by atoms with E-state index in [1.54, 1.807) is 18.7 Å². The zero-order valence-corrected chi connectivity index (χ0v) is 11.4. The Hall–Kier alpha value is -3.21. The molecule has 4 aromatic heterocycles. The summed E-state index contributed by atoms with van der Waals surface area (Å²) in [5.41, 5.74) is 3.58. The van der Waals surface area contributed by atoms with E-state index in [0.717, 1.165) is 32.8 Å². The second-order valence-corrected chi connectivity index (χ2v) is 5.09. The van der Waals surface area contributed by atoms with Gasteiger partial charge in [0, 0.05) is 23.2 Å². The van der Waals surface area contributed by atoms with Gasteiger partial charge < -0.3 is 9.40 Å². The molecule has 0 bridgehead atoms. The van der Waals surface area contributed by atoms with Crippen molar-refractivity contribution in [3.63, 3.8) is 0 Å². The summed E-state index contributed by atoms with van der Waals surface area (Å²) in [5.74, 6) is 1.42. The standard InChI is InChI=1S/C17H10N4O/c1-4-10-13(18-7-1)14-11(5-2-8-19-14)16-15(10)20-17(21-16)12-6-3-9-22-12/h1-9H,(H,20,21). The van der Waals surface area contributed by atoms with Gasteiger partial charge in [-0.3, -0.25) is 9.97 Å². The highest BCUT2D eigenvalue weighted by Gasteiger charge is 2.15. The fourth-order valence-corrected chi connectivity index (χ4v) is 2.87. The number of nitrogens with zero attached hydrogens (tertiary/aromatic N) is 3. The minimum Gasteiger partial charge on any atom is -0.461 e. The van der Waals surface area contributed by atoms with Crippen LogP contribution < -0.4 is 0 Å². The molecular formula is C17H10N4O. The minimum absolute atomic E-state index is 0.710. The zero-order chi connectivity index (χ0) is 14.5. The van der Waals surface area contributed by atoms with Crippen LogP contribution in [0.1, 0.15) is 0 Å². The molecule has 0 aliphatic carbocycles. The first kappa shape index (κ1) is 11.4. The van der Waals surface area contributed by atoms with E-state index in [0.29, 0.717) is 11.6 Å². The predicted molar refractivity (Wildman–Crippen MR) is 84.4 cm³/mol. The molecular weight excluding hydrogens is 276 g/mol. The summed E-state index contributed by atoms with van der Waals surface area (Å²) in [7, 11) is 0. The van der Waals surface area contributed by atoms with Crippen molar-refractivity contribution in [2.45, 2.75) is 0 Å². The molecule has 22 heavy (non-hydrogen) atoms. The molecule has 0 unspecified atom stereocenters. The van der Waals surface area contributed by atoms with Crippen molar-refractivity contribution in [1.29, 1.82) is 0 Å². The van der Waals surface area contributed by atoms with E-state index in [1.807, 2.05) is 36.4 Å². The number of benzene rings is 1. The summed E-state index contributed by atoms with van der Waals surface area (Å²) in [4.78, 5) is 17.1. The van der Waals surface area contributed by atoms with Crippen LogP contribution in [-0.4, -0.2) is 19.9 Å². The van der Waals surface area contributed by atoms with Gasteiger partial charge in [0.05, 0.1) is 28.3 Å². The number of imidazole rings is 1. The van der Waals surface area contributed by atoms with Crippen molar-refractivity contribution in [2.24, 2.45) is 0 Å². The molecule has 0 aliphatic rings. The maximum absolute atomic E-state index is 5.45. The van der Waals surface area contributed by atoms with E-state index < -0.39 is 0 Å². The third-order valence-corrected chi connectivity index (χ3v) is 3.82. The number of rotatable bonds is 1. The Morgan fingerprint density at radius 3 is 2.36 bits per heavy atom. The highest BCUT2D eigenvalue weighted by atomic mass is 16.3. The van der Waals surface area contributed by atoms with Gasteiger partial charge in [-0.1, -0.05) is 0 Å². The minimum atomic E-state index is 0.710. The van der Waals surface area contributed by atoms with E-state index in [9.17, 15) is 0 Å². The smallest absolute Gasteiger partial charge is 0.174 e. The largest absolute Gasteiger partial charge is 0.461 e. The van der Waals surface area contributed by atoms with Crippen molar-refractivity contribution in [3.05, 3.63) is 55.1 Å². The quantitative estimate of drug-likeness (QED) is 0.474. The number of H-pyrrole nitrogens is 1. The number of aromatic nitrogens is 4. The molecule has 0 amide bonds. The fraction of sp³-hybridized carbons (Fsp3) is 0. The Balaban J connectivity index is 2.03. The predicted octanol–water partition coefficient (Wildman–Crippen LogP) is 3.92. The molecule has 5 heteroatoms. The maximum atomic E-state index is 5.45. The number of fused-ring (bicyclic) bond motifs is 6. The zero-order valence-electron chi connectivity index (χ0n) is 11.4. The van der Waals surface area contributed by atoms with Gasteiger partial charge in [0.1, 0.15) is 0 Å². The topological polar surface area (TPSA) is 67.6 Å². The second-order valence-electron chi connectivity index (χ2n) is 5.09. The number of nitrogens with one attached hydrogen (secondary N) is 1. The Morgan fingerprint density at radius 1 is 0.818 bits per heavy atom. The average molecular weight is 286 g/mol. The van der Waals surface area contributed by atoms with Crippen LogP contribution in [0.15, 0.2) is 59.5 Å². The molecule has 0 saturated carbocycles. The van der Waals surface area contributed by atoms with Crippen LogP contribution in [0.5, 0.6) is 0 Å². The van der Waals surface area contributed by atoms with Gasteiger partial charge in [0.25, 0.3) is 0 Å². The van der Waals surface area contributed by atoms with E-state index in [4.69, 9.17) is 9.40 Å². The van der Waals surface area contributed by atoms with E-state index in [-0.39, 0.29) is 0 Å². The van der Waals surface area contributed by atoms with Crippen LogP contribution in [-0.2, 0) is 0 Å². The maximum Gasteiger partial charge on any atom is 0.174 e. The van der Waals surface area contributed by atoms with Gasteiger partial charge >= 0.3 is 0 Å². The third-order valence-electron chi connectivity index (χ3n) is 3.82. The van der Waals surface area contributed by atoms with Gasteiger partial charge in [0.2, 0.25) is 0 Å². The molecule has 0 fully saturated rings. The van der Waals surface area contributed by atoms with Gasteiger partial charge in [-0.05, 0) is 36.4 Å². The SMILES string of the molecule is c1coc(-c2nc3c4cccnc4c4ncccc4c3[nH]2)c1. The molecule has 1 N–H and O–H groups in total. The summed E-state index contributed by atoms with van der Waals surface area (Å²) in [5, 5.41) is 1.99.